The lowest BCUT2D eigenvalue weighted by Crippen LogP contribution is -2.61. The minimum Gasteiger partial charge on any atom is -0.351 e. The molecule has 0 saturated carbocycles. The van der Waals surface area contributed by atoms with E-state index in [1.807, 2.05) is 6.07 Å². The Kier molecular flexibility index (Phi) is 6.52. The van der Waals surface area contributed by atoms with Crippen LogP contribution < -0.4 is 10.6 Å². The number of rotatable bonds is 4. The number of nitrogens with one attached hydrogen (secondary N) is 3. The third-order valence-corrected chi connectivity index (χ3v) is 7.95. The van der Waals surface area contributed by atoms with Gasteiger partial charge in [-0.1, -0.05) is 11.6 Å². The zero-order valence-electron chi connectivity index (χ0n) is 19.6. The molecule has 1 aromatic carbocycles. The van der Waals surface area contributed by atoms with Crippen molar-refractivity contribution < 1.29 is 14.4 Å². The molecular formula is C24H27ClN6O3S. The Morgan fingerprint density at radius 1 is 1.14 bits per heavy atom. The average Bonchev–Trinajstić information content (AvgIpc) is 3.43. The molecule has 9 nitrogen and oxygen atoms in total. The van der Waals surface area contributed by atoms with E-state index >= 15 is 0 Å². The number of thiazole rings is 1. The number of hydrogen-bond acceptors (Lipinski definition) is 6. The molecule has 3 amide bonds. The highest BCUT2D eigenvalue weighted by atomic mass is 35.5. The summed E-state index contributed by atoms with van der Waals surface area (Å²) >= 11 is 7.48. The van der Waals surface area contributed by atoms with Gasteiger partial charge in [-0.2, -0.15) is 0 Å². The summed E-state index contributed by atoms with van der Waals surface area (Å²) < 4.78 is 0. The molecule has 35 heavy (non-hydrogen) atoms. The minimum absolute atomic E-state index is 0.0609. The van der Waals surface area contributed by atoms with Crippen LogP contribution in [0.2, 0.25) is 5.02 Å². The van der Waals surface area contributed by atoms with E-state index in [9.17, 15) is 14.4 Å². The topological polar surface area (TPSA) is 110 Å². The van der Waals surface area contributed by atoms with Gasteiger partial charge in [-0.25, -0.2) is 4.98 Å². The van der Waals surface area contributed by atoms with Gasteiger partial charge in [0, 0.05) is 60.3 Å². The summed E-state index contributed by atoms with van der Waals surface area (Å²) in [5, 5.41) is 7.95. The SMILES string of the molecule is CC(=O)N1CC[C@@H](NC(=O)c2cc3cc(Cl)ccc3[nH]2)C(NC(=O)c2nc3c(s2)CN(C)CC3)C1. The van der Waals surface area contributed by atoms with E-state index in [1.54, 1.807) is 23.1 Å². The molecule has 1 unspecified atom stereocenters. The average molecular weight is 515 g/mol. The van der Waals surface area contributed by atoms with E-state index in [0.29, 0.717) is 35.2 Å². The van der Waals surface area contributed by atoms with Crippen molar-refractivity contribution in [2.24, 2.45) is 0 Å². The van der Waals surface area contributed by atoms with Crippen LogP contribution in [-0.4, -0.2) is 76.3 Å². The van der Waals surface area contributed by atoms with E-state index in [2.05, 4.69) is 32.5 Å². The van der Waals surface area contributed by atoms with E-state index in [-0.39, 0.29) is 23.8 Å². The monoisotopic (exact) mass is 514 g/mol. The fraction of sp³-hybridized carbons (Fsp3) is 0.417. The number of H-pyrrole nitrogens is 1. The highest BCUT2D eigenvalue weighted by Crippen LogP contribution is 2.25. The van der Waals surface area contributed by atoms with Gasteiger partial charge in [-0.3, -0.25) is 14.4 Å². The smallest absolute Gasteiger partial charge is 0.280 e. The van der Waals surface area contributed by atoms with Crippen molar-refractivity contribution in [3.8, 4) is 0 Å². The van der Waals surface area contributed by atoms with Crippen LogP contribution in [0.25, 0.3) is 10.9 Å². The van der Waals surface area contributed by atoms with Crippen LogP contribution in [-0.2, 0) is 17.8 Å². The van der Waals surface area contributed by atoms with Crippen molar-refractivity contribution in [3.63, 3.8) is 0 Å². The molecule has 2 aliphatic heterocycles. The van der Waals surface area contributed by atoms with E-state index in [0.717, 1.165) is 41.0 Å². The van der Waals surface area contributed by atoms with E-state index in [1.165, 1.54) is 18.3 Å². The summed E-state index contributed by atoms with van der Waals surface area (Å²) in [6.45, 7) is 4.05. The maximum absolute atomic E-state index is 13.1. The van der Waals surface area contributed by atoms with Gasteiger partial charge < -0.3 is 25.4 Å². The molecule has 0 bridgehead atoms. The van der Waals surface area contributed by atoms with Gasteiger partial charge in [-0.15, -0.1) is 11.3 Å². The van der Waals surface area contributed by atoms with Crippen LogP contribution in [0.5, 0.6) is 0 Å². The van der Waals surface area contributed by atoms with Gasteiger partial charge in [0.1, 0.15) is 5.69 Å². The fourth-order valence-electron chi connectivity index (χ4n) is 4.68. The lowest BCUT2D eigenvalue weighted by molar-refractivity contribution is -0.130. The summed E-state index contributed by atoms with van der Waals surface area (Å²) in [6, 6.07) is 6.37. The molecule has 0 aliphatic carbocycles. The molecule has 3 aromatic rings. The van der Waals surface area contributed by atoms with Gasteiger partial charge in [0.15, 0.2) is 5.01 Å². The first-order valence-electron chi connectivity index (χ1n) is 11.6. The quantitative estimate of drug-likeness (QED) is 0.495. The van der Waals surface area contributed by atoms with Crippen molar-refractivity contribution in [1.29, 1.82) is 0 Å². The molecule has 2 aliphatic rings. The highest BCUT2D eigenvalue weighted by Gasteiger charge is 2.34. The van der Waals surface area contributed by atoms with E-state index < -0.39 is 6.04 Å². The summed E-state index contributed by atoms with van der Waals surface area (Å²) in [4.78, 5) is 50.9. The van der Waals surface area contributed by atoms with Gasteiger partial charge in [0.25, 0.3) is 11.8 Å². The van der Waals surface area contributed by atoms with Gasteiger partial charge in [0.2, 0.25) is 5.91 Å². The van der Waals surface area contributed by atoms with Crippen molar-refractivity contribution in [2.45, 2.75) is 38.4 Å². The molecule has 3 N–H and O–H groups in total. The molecule has 1 saturated heterocycles. The van der Waals surface area contributed by atoms with Gasteiger partial charge >= 0.3 is 0 Å². The number of carbonyl (C=O) groups excluding carboxylic acids is 3. The van der Waals surface area contributed by atoms with Gasteiger partial charge in [-0.05, 0) is 37.7 Å². The molecule has 11 heteroatoms. The van der Waals surface area contributed by atoms with Crippen LogP contribution in [0.4, 0.5) is 0 Å². The largest absolute Gasteiger partial charge is 0.351 e. The van der Waals surface area contributed by atoms with Gasteiger partial charge in [0.05, 0.1) is 17.8 Å². The second-order valence-corrected chi connectivity index (χ2v) is 10.7. The normalized spacial score (nSPS) is 20.5. The number of aromatic amines is 1. The van der Waals surface area contributed by atoms with Crippen molar-refractivity contribution in [1.82, 2.24) is 30.4 Å². The van der Waals surface area contributed by atoms with E-state index in [4.69, 9.17) is 11.6 Å². The molecule has 5 rings (SSSR count). The Bertz CT molecular complexity index is 1300. The number of nitrogens with zero attached hydrogens (tertiary/aromatic N) is 3. The number of fused-ring (bicyclic) bond motifs is 2. The number of hydrogen-bond donors (Lipinski definition) is 3. The van der Waals surface area contributed by atoms with Crippen molar-refractivity contribution in [3.05, 3.63) is 50.6 Å². The Morgan fingerprint density at radius 3 is 2.74 bits per heavy atom. The summed E-state index contributed by atoms with van der Waals surface area (Å²) in [5.74, 6) is -0.609. The number of amides is 3. The second-order valence-electron chi connectivity index (χ2n) is 9.20. The fourth-order valence-corrected chi connectivity index (χ4v) is 5.95. The summed E-state index contributed by atoms with van der Waals surface area (Å²) in [6.07, 6.45) is 1.35. The van der Waals surface area contributed by atoms with Crippen LogP contribution in [0.15, 0.2) is 24.3 Å². The standard InChI is InChI=1S/C24H27ClN6O3S/c1-13(32)31-8-6-17(27-22(33)19-10-14-9-15(25)3-4-16(14)26-19)20(11-31)28-23(34)24-29-18-5-7-30(2)12-21(18)35-24/h3-4,9-10,17,20,26H,5-8,11-12H2,1-2H3,(H,27,33)(H,28,34)/t17-,20?/m1/s1. The summed E-state index contributed by atoms with van der Waals surface area (Å²) in [7, 11) is 2.05. The maximum Gasteiger partial charge on any atom is 0.280 e. The Morgan fingerprint density at radius 2 is 1.94 bits per heavy atom. The van der Waals surface area contributed by atoms with Crippen LogP contribution >= 0.6 is 22.9 Å². The number of carbonyl (C=O) groups is 3. The first kappa shape index (κ1) is 23.8. The van der Waals surface area contributed by atoms with Crippen LogP contribution in [0, 0.1) is 0 Å². The molecule has 2 aromatic heterocycles. The van der Waals surface area contributed by atoms with Crippen molar-refractivity contribution >= 4 is 51.6 Å². The molecule has 2 atom stereocenters. The number of likely N-dealkylation sites (tertiary alicyclic amines) is 1. The number of benzene rings is 1. The third-order valence-electron chi connectivity index (χ3n) is 6.63. The predicted octanol–water partition coefficient (Wildman–Crippen LogP) is 2.41. The number of piperidine rings is 1. The minimum atomic E-state index is -0.438. The second kappa shape index (κ2) is 9.60. The Hall–Kier alpha value is -2.95. The molecule has 0 spiro atoms. The molecular weight excluding hydrogens is 488 g/mol. The number of aromatic nitrogens is 2. The zero-order valence-corrected chi connectivity index (χ0v) is 21.1. The highest BCUT2D eigenvalue weighted by molar-refractivity contribution is 7.13. The summed E-state index contributed by atoms with van der Waals surface area (Å²) in [5.41, 5.74) is 2.21. The third kappa shape index (κ3) is 5.05. The lowest BCUT2D eigenvalue weighted by Gasteiger charge is -2.38. The first-order valence-corrected chi connectivity index (χ1v) is 12.8. The Labute approximate surface area is 211 Å². The Balaban J connectivity index is 1.32. The molecule has 184 valence electrons. The number of halogens is 1. The zero-order chi connectivity index (χ0) is 24.7. The maximum atomic E-state index is 13.1. The molecule has 1 fully saturated rings. The first-order chi connectivity index (χ1) is 16.8. The van der Waals surface area contributed by atoms with Crippen molar-refractivity contribution in [2.75, 3.05) is 26.7 Å². The lowest BCUT2D eigenvalue weighted by atomic mass is 9.98. The van der Waals surface area contributed by atoms with Crippen LogP contribution in [0.1, 0.15) is 44.2 Å². The predicted molar refractivity (Wildman–Crippen MR) is 135 cm³/mol. The molecule has 0 radical (unpaired) electrons. The van der Waals surface area contributed by atoms with Crippen LogP contribution in [0.3, 0.4) is 0 Å². The molecule has 4 heterocycles. The number of likely N-dealkylation sites (N-methyl/N-ethyl adjacent to an activating group) is 1.